The fourth-order valence-corrected chi connectivity index (χ4v) is 1.25. The van der Waals surface area contributed by atoms with Gasteiger partial charge in [0.1, 0.15) is 11.0 Å². The van der Waals surface area contributed by atoms with Gasteiger partial charge < -0.3 is 4.74 Å². The molecule has 0 radical (unpaired) electrons. The van der Waals surface area contributed by atoms with Crippen molar-refractivity contribution in [1.82, 2.24) is 9.97 Å². The Kier molecular flexibility index (Phi) is 4.66. The van der Waals surface area contributed by atoms with E-state index in [2.05, 4.69) is 23.8 Å². The Bertz CT molecular complexity index is 291. The highest BCUT2D eigenvalue weighted by Gasteiger charge is 2.02. The summed E-state index contributed by atoms with van der Waals surface area (Å²) >= 11 is 5.83. The summed E-state index contributed by atoms with van der Waals surface area (Å²) in [4.78, 5) is 8.35. The van der Waals surface area contributed by atoms with E-state index in [0.717, 1.165) is 25.1 Å². The van der Waals surface area contributed by atoms with Gasteiger partial charge in [-0.1, -0.05) is 25.4 Å². The molecule has 0 aliphatic rings. The van der Waals surface area contributed by atoms with Crippen molar-refractivity contribution in [1.29, 1.82) is 0 Å². The molecule has 0 saturated carbocycles. The lowest BCUT2D eigenvalue weighted by Crippen LogP contribution is -2.01. The number of hydrogen-bond donors (Lipinski definition) is 0. The Hall–Kier alpha value is -0.830. The van der Waals surface area contributed by atoms with Crippen molar-refractivity contribution in [2.24, 2.45) is 0 Å². The SMILES string of the molecule is CCCOc1cc(Cl)nc(CCC)n1. The second-order valence-corrected chi connectivity index (χ2v) is 3.43. The number of ether oxygens (including phenoxy) is 1. The summed E-state index contributed by atoms with van der Waals surface area (Å²) in [7, 11) is 0. The molecule has 0 aliphatic heterocycles. The van der Waals surface area contributed by atoms with Crippen LogP contribution in [0.4, 0.5) is 0 Å². The minimum Gasteiger partial charge on any atom is -0.478 e. The minimum absolute atomic E-state index is 0.453. The molecule has 3 nitrogen and oxygen atoms in total. The number of aromatic nitrogens is 2. The highest BCUT2D eigenvalue weighted by molar-refractivity contribution is 6.29. The highest BCUT2D eigenvalue weighted by Crippen LogP contribution is 2.14. The topological polar surface area (TPSA) is 35.0 Å². The van der Waals surface area contributed by atoms with Gasteiger partial charge in [-0.05, 0) is 12.8 Å². The van der Waals surface area contributed by atoms with Crippen LogP contribution in [0.15, 0.2) is 6.07 Å². The number of nitrogens with zero attached hydrogens (tertiary/aromatic N) is 2. The third-order valence-electron chi connectivity index (χ3n) is 1.65. The van der Waals surface area contributed by atoms with Gasteiger partial charge in [0.2, 0.25) is 5.88 Å². The standard InChI is InChI=1S/C10H15ClN2O/c1-3-5-9-12-8(11)7-10(13-9)14-6-4-2/h7H,3-6H2,1-2H3. The summed E-state index contributed by atoms with van der Waals surface area (Å²) in [5.41, 5.74) is 0. The lowest BCUT2D eigenvalue weighted by molar-refractivity contribution is 0.303. The lowest BCUT2D eigenvalue weighted by Gasteiger charge is -2.05. The van der Waals surface area contributed by atoms with Gasteiger partial charge in [-0.2, -0.15) is 4.98 Å². The van der Waals surface area contributed by atoms with E-state index in [4.69, 9.17) is 16.3 Å². The first kappa shape index (κ1) is 11.2. The van der Waals surface area contributed by atoms with Crippen molar-refractivity contribution in [3.8, 4) is 5.88 Å². The normalized spacial score (nSPS) is 10.2. The van der Waals surface area contributed by atoms with Crippen molar-refractivity contribution in [3.05, 3.63) is 17.0 Å². The molecule has 1 aromatic heterocycles. The number of rotatable bonds is 5. The molecule has 0 amide bonds. The maximum atomic E-state index is 5.83. The molecule has 1 aromatic rings. The van der Waals surface area contributed by atoms with E-state index < -0.39 is 0 Å². The summed E-state index contributed by atoms with van der Waals surface area (Å²) in [5, 5.41) is 0.453. The molecule has 4 heteroatoms. The van der Waals surface area contributed by atoms with Crippen LogP contribution in [0.1, 0.15) is 32.5 Å². The zero-order valence-corrected chi connectivity index (χ0v) is 9.34. The number of aryl methyl sites for hydroxylation is 1. The molecule has 0 atom stereocenters. The van der Waals surface area contributed by atoms with E-state index in [1.54, 1.807) is 6.07 Å². The van der Waals surface area contributed by atoms with Crippen LogP contribution < -0.4 is 4.74 Å². The maximum absolute atomic E-state index is 5.83. The van der Waals surface area contributed by atoms with Crippen LogP contribution in [0.2, 0.25) is 5.15 Å². The zero-order valence-electron chi connectivity index (χ0n) is 8.59. The Labute approximate surface area is 89.5 Å². The molecule has 0 N–H and O–H groups in total. The Morgan fingerprint density at radius 3 is 2.71 bits per heavy atom. The van der Waals surface area contributed by atoms with Gasteiger partial charge in [0.25, 0.3) is 0 Å². The van der Waals surface area contributed by atoms with Crippen LogP contribution in [-0.2, 0) is 6.42 Å². The van der Waals surface area contributed by atoms with E-state index in [0.29, 0.717) is 17.6 Å². The second kappa shape index (κ2) is 5.81. The van der Waals surface area contributed by atoms with E-state index in [1.807, 2.05) is 0 Å². The van der Waals surface area contributed by atoms with E-state index >= 15 is 0 Å². The van der Waals surface area contributed by atoms with Crippen molar-refractivity contribution in [2.45, 2.75) is 33.1 Å². The summed E-state index contributed by atoms with van der Waals surface area (Å²) in [6.45, 7) is 4.80. The van der Waals surface area contributed by atoms with Crippen molar-refractivity contribution in [3.63, 3.8) is 0 Å². The van der Waals surface area contributed by atoms with Crippen LogP contribution in [0, 0.1) is 0 Å². The van der Waals surface area contributed by atoms with Crippen LogP contribution in [0.5, 0.6) is 5.88 Å². The number of halogens is 1. The van der Waals surface area contributed by atoms with Crippen LogP contribution >= 0.6 is 11.6 Å². The highest BCUT2D eigenvalue weighted by atomic mass is 35.5. The quantitative estimate of drug-likeness (QED) is 0.707. The predicted molar refractivity (Wildman–Crippen MR) is 56.8 cm³/mol. The summed E-state index contributed by atoms with van der Waals surface area (Å²) in [6.07, 6.45) is 2.81. The molecule has 0 saturated heterocycles. The Morgan fingerprint density at radius 2 is 2.07 bits per heavy atom. The lowest BCUT2D eigenvalue weighted by atomic mass is 10.3. The molecule has 0 bridgehead atoms. The molecule has 14 heavy (non-hydrogen) atoms. The largest absolute Gasteiger partial charge is 0.478 e. The first-order chi connectivity index (χ1) is 6.76. The average molecular weight is 215 g/mol. The van der Waals surface area contributed by atoms with Gasteiger partial charge in [-0.15, -0.1) is 0 Å². The smallest absolute Gasteiger partial charge is 0.218 e. The van der Waals surface area contributed by atoms with Crippen LogP contribution in [0.3, 0.4) is 0 Å². The molecule has 0 unspecified atom stereocenters. The van der Waals surface area contributed by atoms with Crippen LogP contribution in [-0.4, -0.2) is 16.6 Å². The third-order valence-corrected chi connectivity index (χ3v) is 1.84. The fraction of sp³-hybridized carbons (Fsp3) is 0.600. The van der Waals surface area contributed by atoms with Gasteiger partial charge in [-0.3, -0.25) is 0 Å². The first-order valence-corrected chi connectivity index (χ1v) is 5.30. The monoisotopic (exact) mass is 214 g/mol. The maximum Gasteiger partial charge on any atom is 0.218 e. The molecule has 1 rings (SSSR count). The van der Waals surface area contributed by atoms with Crippen molar-refractivity contribution < 1.29 is 4.74 Å². The van der Waals surface area contributed by atoms with E-state index in [9.17, 15) is 0 Å². The molecule has 0 aliphatic carbocycles. The molecule has 0 spiro atoms. The molecule has 0 aromatic carbocycles. The van der Waals surface area contributed by atoms with Crippen LogP contribution in [0.25, 0.3) is 0 Å². The third kappa shape index (κ3) is 3.50. The Balaban J connectivity index is 2.73. The Morgan fingerprint density at radius 1 is 1.29 bits per heavy atom. The second-order valence-electron chi connectivity index (χ2n) is 3.04. The molecular weight excluding hydrogens is 200 g/mol. The first-order valence-electron chi connectivity index (χ1n) is 4.92. The summed E-state index contributed by atoms with van der Waals surface area (Å²) in [6, 6.07) is 1.65. The van der Waals surface area contributed by atoms with Gasteiger partial charge in [0.05, 0.1) is 6.61 Å². The molecular formula is C10H15ClN2O. The zero-order chi connectivity index (χ0) is 10.4. The number of hydrogen-bond acceptors (Lipinski definition) is 3. The molecule has 1 heterocycles. The van der Waals surface area contributed by atoms with Gasteiger partial charge >= 0.3 is 0 Å². The van der Waals surface area contributed by atoms with E-state index in [-0.39, 0.29) is 0 Å². The average Bonchev–Trinajstić information content (AvgIpc) is 2.14. The molecule has 78 valence electrons. The minimum atomic E-state index is 0.453. The van der Waals surface area contributed by atoms with Gasteiger partial charge in [-0.25, -0.2) is 4.98 Å². The van der Waals surface area contributed by atoms with Crippen molar-refractivity contribution >= 4 is 11.6 Å². The van der Waals surface area contributed by atoms with E-state index in [1.165, 1.54) is 0 Å². The summed E-state index contributed by atoms with van der Waals surface area (Å²) < 4.78 is 5.39. The van der Waals surface area contributed by atoms with Gasteiger partial charge in [0, 0.05) is 12.5 Å². The predicted octanol–water partition coefficient (Wildman–Crippen LogP) is 2.87. The summed E-state index contributed by atoms with van der Waals surface area (Å²) in [5.74, 6) is 1.33. The fourth-order valence-electron chi connectivity index (χ4n) is 1.06. The molecule has 0 fully saturated rings. The van der Waals surface area contributed by atoms with Crippen molar-refractivity contribution in [2.75, 3.05) is 6.61 Å². The van der Waals surface area contributed by atoms with Gasteiger partial charge in [0.15, 0.2) is 0 Å².